The van der Waals surface area contributed by atoms with Crippen LogP contribution in [0, 0.1) is 0 Å². The van der Waals surface area contributed by atoms with Gasteiger partial charge < -0.3 is 14.7 Å². The molecule has 3 nitrogen and oxygen atoms in total. The van der Waals surface area contributed by atoms with Crippen LogP contribution in [0.3, 0.4) is 0 Å². The third-order valence-corrected chi connectivity index (χ3v) is 4.80. The first kappa shape index (κ1) is 18.1. The van der Waals surface area contributed by atoms with E-state index in [9.17, 15) is 5.11 Å². The molecule has 1 aliphatic rings. The number of β-amino-alcohol motifs (C(OH)–C–C–N with tert-alkyl or cyclic N) is 1. The van der Waals surface area contributed by atoms with Gasteiger partial charge in [-0.15, -0.1) is 0 Å². The summed E-state index contributed by atoms with van der Waals surface area (Å²) in [5.74, 6) is 0. The first-order valence-electron chi connectivity index (χ1n) is 9.39. The topological polar surface area (TPSA) is 32.7 Å². The van der Waals surface area contributed by atoms with Gasteiger partial charge in [-0.3, -0.25) is 0 Å². The zero-order valence-corrected chi connectivity index (χ0v) is 14.9. The summed E-state index contributed by atoms with van der Waals surface area (Å²) in [6.07, 6.45) is 3.90. The van der Waals surface area contributed by atoms with Crippen molar-refractivity contribution in [2.45, 2.75) is 37.9 Å². The van der Waals surface area contributed by atoms with Crippen molar-refractivity contribution in [1.82, 2.24) is 4.90 Å². The van der Waals surface area contributed by atoms with Gasteiger partial charge in [-0.05, 0) is 49.9 Å². The number of aliphatic hydroxyl groups excluding tert-OH is 1. The quantitative estimate of drug-likeness (QED) is 0.761. The van der Waals surface area contributed by atoms with Crippen LogP contribution < -0.4 is 0 Å². The lowest BCUT2D eigenvalue weighted by Crippen LogP contribution is -2.34. The van der Waals surface area contributed by atoms with Crippen molar-refractivity contribution in [3.8, 4) is 0 Å². The Balaban J connectivity index is 1.55. The zero-order valence-electron chi connectivity index (χ0n) is 14.9. The molecule has 3 heteroatoms. The largest absolute Gasteiger partial charge is 0.389 e. The number of benzene rings is 2. The van der Waals surface area contributed by atoms with Gasteiger partial charge in [0, 0.05) is 6.54 Å². The molecule has 2 aromatic carbocycles. The Kier molecular flexibility index (Phi) is 7.04. The summed E-state index contributed by atoms with van der Waals surface area (Å²) in [7, 11) is 0. The molecule has 25 heavy (non-hydrogen) atoms. The van der Waals surface area contributed by atoms with Crippen LogP contribution >= 0.6 is 0 Å². The monoisotopic (exact) mass is 339 g/mol. The third kappa shape index (κ3) is 6.28. The van der Waals surface area contributed by atoms with Crippen molar-refractivity contribution < 1.29 is 9.84 Å². The molecular formula is C22H29NO2. The molecule has 0 amide bonds. The van der Waals surface area contributed by atoms with E-state index >= 15 is 0 Å². The fourth-order valence-corrected chi connectivity index (χ4v) is 3.51. The van der Waals surface area contributed by atoms with Crippen LogP contribution in [0.25, 0.3) is 0 Å². The van der Waals surface area contributed by atoms with Gasteiger partial charge in [0.25, 0.3) is 0 Å². The summed E-state index contributed by atoms with van der Waals surface area (Å²) >= 11 is 0. The minimum Gasteiger partial charge on any atom is -0.389 e. The second-order valence-corrected chi connectivity index (χ2v) is 7.00. The van der Waals surface area contributed by atoms with E-state index < -0.39 is 6.10 Å². The summed E-state index contributed by atoms with van der Waals surface area (Å²) in [6.45, 7) is 3.34. The molecule has 1 aliphatic heterocycles. The normalized spacial score (nSPS) is 16.4. The molecule has 1 fully saturated rings. The number of ether oxygens (including phenoxy) is 1. The first-order valence-corrected chi connectivity index (χ1v) is 9.39. The second-order valence-electron chi connectivity index (χ2n) is 7.00. The van der Waals surface area contributed by atoms with Crippen LogP contribution in [0.1, 0.15) is 24.0 Å². The Morgan fingerprint density at radius 2 is 1.36 bits per heavy atom. The van der Waals surface area contributed by atoms with Gasteiger partial charge in [0.15, 0.2) is 0 Å². The smallest absolute Gasteiger partial charge is 0.0900 e. The maximum absolute atomic E-state index is 10.3. The Bertz CT molecular complexity index is 554. The standard InChI is InChI=1S/C22H29NO2/c24-21(17-23-13-7-8-14-23)18-25-22(15-19-9-3-1-4-10-19)16-20-11-5-2-6-12-20/h1-6,9-12,21-22,24H,7-8,13-18H2. The first-order chi connectivity index (χ1) is 12.3. The molecule has 3 rings (SSSR count). The van der Waals surface area contributed by atoms with Crippen molar-refractivity contribution in [2.75, 3.05) is 26.2 Å². The number of likely N-dealkylation sites (tertiary alicyclic amines) is 1. The van der Waals surface area contributed by atoms with E-state index in [1.807, 2.05) is 12.1 Å². The summed E-state index contributed by atoms with van der Waals surface area (Å²) in [4.78, 5) is 2.33. The van der Waals surface area contributed by atoms with Crippen LogP contribution in [0.2, 0.25) is 0 Å². The minimum absolute atomic E-state index is 0.0815. The van der Waals surface area contributed by atoms with Crippen LogP contribution in [0.5, 0.6) is 0 Å². The van der Waals surface area contributed by atoms with Gasteiger partial charge in [-0.1, -0.05) is 60.7 Å². The van der Waals surface area contributed by atoms with Gasteiger partial charge in [-0.2, -0.15) is 0 Å². The van der Waals surface area contributed by atoms with E-state index in [0.29, 0.717) is 6.61 Å². The summed E-state index contributed by atoms with van der Waals surface area (Å²) in [5, 5.41) is 10.3. The van der Waals surface area contributed by atoms with Crippen molar-refractivity contribution in [2.24, 2.45) is 0 Å². The SMILES string of the molecule is OC(COC(Cc1ccccc1)Cc1ccccc1)CN1CCCC1. The van der Waals surface area contributed by atoms with Crippen molar-refractivity contribution in [3.63, 3.8) is 0 Å². The molecule has 1 saturated heterocycles. The average molecular weight is 339 g/mol. The highest BCUT2D eigenvalue weighted by Gasteiger charge is 2.18. The van der Waals surface area contributed by atoms with E-state index in [2.05, 4.69) is 53.4 Å². The fourth-order valence-electron chi connectivity index (χ4n) is 3.51. The lowest BCUT2D eigenvalue weighted by Gasteiger charge is -2.23. The van der Waals surface area contributed by atoms with E-state index in [1.54, 1.807) is 0 Å². The van der Waals surface area contributed by atoms with Crippen LogP contribution in [-0.4, -0.2) is 48.5 Å². The van der Waals surface area contributed by atoms with Gasteiger partial charge in [0.2, 0.25) is 0 Å². The Morgan fingerprint density at radius 1 is 0.840 bits per heavy atom. The number of nitrogens with zero attached hydrogens (tertiary/aromatic N) is 1. The molecule has 1 atom stereocenters. The van der Waals surface area contributed by atoms with Gasteiger partial charge in [-0.25, -0.2) is 0 Å². The van der Waals surface area contributed by atoms with Crippen LogP contribution in [-0.2, 0) is 17.6 Å². The van der Waals surface area contributed by atoms with Gasteiger partial charge in [0.05, 0.1) is 18.8 Å². The maximum atomic E-state index is 10.3. The summed E-state index contributed by atoms with van der Waals surface area (Å²) in [5.41, 5.74) is 2.55. The predicted octanol–water partition coefficient (Wildman–Crippen LogP) is 3.31. The predicted molar refractivity (Wildman–Crippen MR) is 102 cm³/mol. The Morgan fingerprint density at radius 3 is 1.88 bits per heavy atom. The lowest BCUT2D eigenvalue weighted by atomic mass is 10.0. The van der Waals surface area contributed by atoms with E-state index in [4.69, 9.17) is 4.74 Å². The van der Waals surface area contributed by atoms with Gasteiger partial charge in [0.1, 0.15) is 0 Å². The number of aliphatic hydroxyl groups is 1. The molecule has 0 aliphatic carbocycles. The highest BCUT2D eigenvalue weighted by Crippen LogP contribution is 2.13. The zero-order chi connectivity index (χ0) is 17.3. The van der Waals surface area contributed by atoms with Crippen molar-refractivity contribution >= 4 is 0 Å². The molecule has 0 radical (unpaired) electrons. The molecule has 1 unspecified atom stereocenters. The van der Waals surface area contributed by atoms with Gasteiger partial charge >= 0.3 is 0 Å². The average Bonchev–Trinajstić information content (AvgIpc) is 3.14. The second kappa shape index (κ2) is 9.71. The lowest BCUT2D eigenvalue weighted by molar-refractivity contribution is -0.0185. The number of hydrogen-bond acceptors (Lipinski definition) is 3. The minimum atomic E-state index is -0.410. The van der Waals surface area contributed by atoms with E-state index in [-0.39, 0.29) is 6.10 Å². The Hall–Kier alpha value is -1.68. The van der Waals surface area contributed by atoms with Crippen LogP contribution in [0.4, 0.5) is 0 Å². The van der Waals surface area contributed by atoms with Crippen LogP contribution in [0.15, 0.2) is 60.7 Å². The molecule has 0 saturated carbocycles. The molecule has 1 N–H and O–H groups in total. The number of rotatable bonds is 9. The molecule has 0 aromatic heterocycles. The number of hydrogen-bond donors (Lipinski definition) is 1. The molecular weight excluding hydrogens is 310 g/mol. The molecule has 1 heterocycles. The summed E-state index contributed by atoms with van der Waals surface area (Å²) in [6, 6.07) is 20.9. The van der Waals surface area contributed by atoms with E-state index in [0.717, 1.165) is 32.5 Å². The Labute approximate surface area is 151 Å². The molecule has 0 spiro atoms. The maximum Gasteiger partial charge on any atom is 0.0900 e. The summed E-state index contributed by atoms with van der Waals surface area (Å²) < 4.78 is 6.15. The van der Waals surface area contributed by atoms with Crippen molar-refractivity contribution in [3.05, 3.63) is 71.8 Å². The molecule has 0 bridgehead atoms. The molecule has 2 aromatic rings. The van der Waals surface area contributed by atoms with E-state index in [1.165, 1.54) is 24.0 Å². The fraction of sp³-hybridized carbons (Fsp3) is 0.455. The molecule has 134 valence electrons. The highest BCUT2D eigenvalue weighted by molar-refractivity contribution is 5.19. The van der Waals surface area contributed by atoms with Crippen molar-refractivity contribution in [1.29, 1.82) is 0 Å². The highest BCUT2D eigenvalue weighted by atomic mass is 16.5. The third-order valence-electron chi connectivity index (χ3n) is 4.80.